The molecule has 7 nitrogen and oxygen atoms in total. The van der Waals surface area contributed by atoms with Crippen molar-refractivity contribution < 1.29 is 34.0 Å². The van der Waals surface area contributed by atoms with Crippen molar-refractivity contribution in [1.82, 2.24) is 0 Å². The summed E-state index contributed by atoms with van der Waals surface area (Å²) >= 11 is 0. The van der Waals surface area contributed by atoms with Crippen molar-refractivity contribution in [2.24, 2.45) is 0 Å². The zero-order valence-electron chi connectivity index (χ0n) is 11.8. The maximum Gasteiger partial charge on any atom is 0.182 e. The lowest BCUT2D eigenvalue weighted by Gasteiger charge is -2.24. The Balaban J connectivity index is 2.90. The van der Waals surface area contributed by atoms with E-state index in [1.807, 2.05) is 0 Å². The van der Waals surface area contributed by atoms with Gasteiger partial charge in [-0.05, 0) is 18.2 Å². The van der Waals surface area contributed by atoms with E-state index in [-0.39, 0.29) is 18.1 Å². The van der Waals surface area contributed by atoms with E-state index in [1.54, 1.807) is 0 Å². The van der Waals surface area contributed by atoms with Crippen molar-refractivity contribution in [1.29, 1.82) is 0 Å². The number of aliphatic hydroxyl groups excluding tert-OH is 2. The third-order valence-corrected chi connectivity index (χ3v) is 2.79. The van der Waals surface area contributed by atoms with Gasteiger partial charge in [-0.3, -0.25) is 9.59 Å². The molecule has 1 aromatic carbocycles. The average Bonchev–Trinajstić information content (AvgIpc) is 2.52. The molecule has 116 valence electrons. The van der Waals surface area contributed by atoms with Gasteiger partial charge in [0.2, 0.25) is 0 Å². The molecule has 0 spiro atoms. The van der Waals surface area contributed by atoms with Crippen molar-refractivity contribution in [3.05, 3.63) is 23.8 Å². The third kappa shape index (κ3) is 4.52. The van der Waals surface area contributed by atoms with Crippen LogP contribution >= 0.6 is 0 Å². The van der Waals surface area contributed by atoms with Crippen LogP contribution in [0.1, 0.15) is 10.4 Å². The number of carbonyl (C=O) groups excluding carboxylic acids is 2. The van der Waals surface area contributed by atoms with E-state index in [9.17, 15) is 19.8 Å². The van der Waals surface area contributed by atoms with E-state index >= 15 is 0 Å². The van der Waals surface area contributed by atoms with Crippen LogP contribution in [0.4, 0.5) is 0 Å². The normalized spacial score (nSPS) is 14.9. The van der Waals surface area contributed by atoms with Crippen molar-refractivity contribution in [3.63, 3.8) is 0 Å². The summed E-state index contributed by atoms with van der Waals surface area (Å²) < 4.78 is 15.1. The predicted molar refractivity (Wildman–Crippen MR) is 72.8 cm³/mol. The Morgan fingerprint density at radius 1 is 1.19 bits per heavy atom. The van der Waals surface area contributed by atoms with Gasteiger partial charge in [0.25, 0.3) is 0 Å². The largest absolute Gasteiger partial charge is 0.493 e. The average molecular weight is 298 g/mol. The quantitative estimate of drug-likeness (QED) is 0.610. The summed E-state index contributed by atoms with van der Waals surface area (Å²) in [6.45, 7) is -0.143. The van der Waals surface area contributed by atoms with Crippen LogP contribution in [0.5, 0.6) is 11.5 Å². The molecule has 7 heteroatoms. The predicted octanol–water partition coefficient (Wildman–Crippen LogP) is -0.178. The summed E-state index contributed by atoms with van der Waals surface area (Å²) in [5, 5.41) is 19.5. The highest BCUT2D eigenvalue weighted by atomic mass is 16.5. The van der Waals surface area contributed by atoms with Crippen LogP contribution in [0.25, 0.3) is 0 Å². The molecule has 0 heterocycles. The fourth-order valence-electron chi connectivity index (χ4n) is 1.67. The highest BCUT2D eigenvalue weighted by Gasteiger charge is 2.28. The van der Waals surface area contributed by atoms with Gasteiger partial charge >= 0.3 is 0 Å². The van der Waals surface area contributed by atoms with Gasteiger partial charge in [-0.1, -0.05) is 0 Å². The molecule has 0 aliphatic heterocycles. The topological polar surface area (TPSA) is 102 Å². The van der Waals surface area contributed by atoms with Crippen LogP contribution < -0.4 is 9.47 Å². The second-order valence-electron chi connectivity index (χ2n) is 4.26. The summed E-state index contributed by atoms with van der Waals surface area (Å²) in [5.41, 5.74) is 0.377. The molecular weight excluding hydrogens is 280 g/mol. The Morgan fingerprint density at radius 2 is 1.90 bits per heavy atom. The third-order valence-electron chi connectivity index (χ3n) is 2.79. The number of carbonyl (C=O) groups is 2. The fraction of sp³-hybridized carbons (Fsp3) is 0.429. The Bertz CT molecular complexity index is 474. The maximum absolute atomic E-state index is 11.0. The molecule has 0 radical (unpaired) electrons. The second kappa shape index (κ2) is 8.35. The minimum Gasteiger partial charge on any atom is -0.493 e. The van der Waals surface area contributed by atoms with Crippen molar-refractivity contribution >= 4 is 12.6 Å². The Hall–Kier alpha value is -1.96. The highest BCUT2D eigenvalue weighted by molar-refractivity contribution is 5.76. The van der Waals surface area contributed by atoms with Crippen LogP contribution in [0.2, 0.25) is 0 Å². The molecular formula is C14H18O7. The van der Waals surface area contributed by atoms with Crippen LogP contribution in [0.3, 0.4) is 0 Å². The van der Waals surface area contributed by atoms with Gasteiger partial charge in [-0.15, -0.1) is 0 Å². The van der Waals surface area contributed by atoms with E-state index in [2.05, 4.69) is 0 Å². The first-order valence-corrected chi connectivity index (χ1v) is 6.17. The molecule has 3 unspecified atom stereocenters. The van der Waals surface area contributed by atoms with Crippen molar-refractivity contribution in [3.8, 4) is 11.5 Å². The molecule has 0 saturated heterocycles. The first kappa shape index (κ1) is 17.1. The monoisotopic (exact) mass is 298 g/mol. The van der Waals surface area contributed by atoms with E-state index in [4.69, 9.17) is 14.2 Å². The molecule has 2 N–H and O–H groups in total. The number of benzene rings is 1. The zero-order valence-corrected chi connectivity index (χ0v) is 11.8. The summed E-state index contributed by atoms with van der Waals surface area (Å²) in [5.74, 6) is 0.406. The first-order valence-electron chi connectivity index (χ1n) is 6.17. The molecule has 0 fully saturated rings. The summed E-state index contributed by atoms with van der Waals surface area (Å²) in [6.07, 6.45) is -3.02. The second-order valence-corrected chi connectivity index (χ2v) is 4.26. The van der Waals surface area contributed by atoms with Gasteiger partial charge in [0.15, 0.2) is 23.9 Å². The van der Waals surface area contributed by atoms with Crippen LogP contribution in [0.15, 0.2) is 18.2 Å². The Morgan fingerprint density at radius 3 is 2.43 bits per heavy atom. The van der Waals surface area contributed by atoms with E-state index in [0.29, 0.717) is 18.1 Å². The van der Waals surface area contributed by atoms with Crippen LogP contribution in [-0.2, 0) is 9.53 Å². The number of methoxy groups -OCH3 is 2. The van der Waals surface area contributed by atoms with Gasteiger partial charge in [0.05, 0.1) is 13.7 Å². The van der Waals surface area contributed by atoms with Gasteiger partial charge in [0.1, 0.15) is 18.5 Å². The molecule has 0 aliphatic carbocycles. The minimum atomic E-state index is -1.46. The van der Waals surface area contributed by atoms with E-state index < -0.39 is 18.3 Å². The number of hydrogen-bond acceptors (Lipinski definition) is 7. The lowest BCUT2D eigenvalue weighted by atomic mass is 10.1. The van der Waals surface area contributed by atoms with E-state index in [0.717, 1.165) is 0 Å². The maximum atomic E-state index is 11.0. The molecule has 0 bridgehead atoms. The minimum absolute atomic E-state index is 0.143. The summed E-state index contributed by atoms with van der Waals surface area (Å²) in [7, 11) is 2.73. The highest BCUT2D eigenvalue weighted by Crippen LogP contribution is 2.29. The molecule has 0 aromatic heterocycles. The number of rotatable bonds is 9. The van der Waals surface area contributed by atoms with Crippen LogP contribution in [0, 0.1) is 0 Å². The SMILES string of the molecule is COCC(O)C(O)C(C=O)Oc1ccc(C=O)cc1OC. The molecule has 0 amide bonds. The molecule has 1 rings (SSSR count). The van der Waals surface area contributed by atoms with Gasteiger partial charge in [0, 0.05) is 12.7 Å². The van der Waals surface area contributed by atoms with Crippen LogP contribution in [-0.4, -0.2) is 61.9 Å². The fourth-order valence-corrected chi connectivity index (χ4v) is 1.67. The number of aliphatic hydroxyl groups is 2. The van der Waals surface area contributed by atoms with Crippen molar-refractivity contribution in [2.45, 2.75) is 18.3 Å². The number of ether oxygens (including phenoxy) is 3. The molecule has 3 atom stereocenters. The standard InChI is InChI=1S/C14H18O7/c1-19-8-10(17)14(18)13(7-16)21-11-4-3-9(6-15)5-12(11)20-2/h3-7,10,13-14,17-18H,8H2,1-2H3. The Labute approximate surface area is 122 Å². The van der Waals surface area contributed by atoms with Gasteiger partial charge in [-0.2, -0.15) is 0 Å². The molecule has 0 saturated carbocycles. The number of aldehydes is 2. The smallest absolute Gasteiger partial charge is 0.182 e. The lowest BCUT2D eigenvalue weighted by molar-refractivity contribution is -0.125. The Kier molecular flexibility index (Phi) is 6.80. The number of hydrogen-bond donors (Lipinski definition) is 2. The van der Waals surface area contributed by atoms with E-state index in [1.165, 1.54) is 32.4 Å². The zero-order chi connectivity index (χ0) is 15.8. The van der Waals surface area contributed by atoms with Gasteiger partial charge < -0.3 is 24.4 Å². The van der Waals surface area contributed by atoms with Gasteiger partial charge in [-0.25, -0.2) is 0 Å². The molecule has 21 heavy (non-hydrogen) atoms. The summed E-state index contributed by atoms with van der Waals surface area (Å²) in [6, 6.07) is 4.35. The first-order chi connectivity index (χ1) is 10.1. The molecule has 1 aromatic rings. The molecule has 0 aliphatic rings. The summed E-state index contributed by atoms with van der Waals surface area (Å²) in [4.78, 5) is 21.7. The van der Waals surface area contributed by atoms with Crippen molar-refractivity contribution in [2.75, 3.05) is 20.8 Å². The lowest BCUT2D eigenvalue weighted by Crippen LogP contribution is -2.44.